The Kier molecular flexibility index (Phi) is 4.77. The van der Waals surface area contributed by atoms with E-state index in [1.165, 1.54) is 0 Å². The predicted octanol–water partition coefficient (Wildman–Crippen LogP) is 2.63. The van der Waals surface area contributed by atoms with Crippen molar-refractivity contribution in [2.75, 3.05) is 0 Å². The summed E-state index contributed by atoms with van der Waals surface area (Å²) in [7, 11) is 0. The Bertz CT molecular complexity index is 241. The Morgan fingerprint density at radius 2 is 1.50 bits per heavy atom. The van der Waals surface area contributed by atoms with Crippen LogP contribution in [0.25, 0.3) is 0 Å². The molecule has 0 atom stereocenters. The van der Waals surface area contributed by atoms with Crippen molar-refractivity contribution >= 4 is 30.9 Å². The Labute approximate surface area is 103 Å². The van der Waals surface area contributed by atoms with E-state index in [2.05, 4.69) is 0 Å². The monoisotopic (exact) mass is 392 g/mol. The molecule has 0 aliphatic rings. The van der Waals surface area contributed by atoms with Gasteiger partial charge in [0, 0.05) is 0 Å². The minimum absolute atomic E-state index is 0.0876. The number of hydrogen-bond acceptors (Lipinski definition) is 2. The normalized spacial score (nSPS) is 14.1. The summed E-state index contributed by atoms with van der Waals surface area (Å²) in [4.78, 5) is 11.7. The van der Waals surface area contributed by atoms with Gasteiger partial charge in [-0.3, -0.25) is 0 Å². The van der Waals surface area contributed by atoms with Crippen LogP contribution in [0.3, 0.4) is 0 Å². The quantitative estimate of drug-likeness (QED) is 0.410. The summed E-state index contributed by atoms with van der Waals surface area (Å²) < 4.78 is 5.33. The van der Waals surface area contributed by atoms with E-state index in [4.69, 9.17) is 2.81 Å². The van der Waals surface area contributed by atoms with E-state index in [-0.39, 0.29) is 16.6 Å². The second kappa shape index (κ2) is 4.74. The molecule has 0 heterocycles. The predicted molar refractivity (Wildman–Crippen MR) is 58.8 cm³/mol. The molecule has 0 rings (SSSR count). The van der Waals surface area contributed by atoms with E-state index in [9.17, 15) is 4.79 Å². The molecule has 2 nitrogen and oxygen atoms in total. The molecule has 0 aromatic rings. The Balaban J connectivity index is 4.89. The fourth-order valence-electron chi connectivity index (χ4n) is 0.715. The molecule has 3 heteroatoms. The molecule has 0 fully saturated rings. The standard InChI is InChI=1S/C11H20O2.Bi/c1-10(2,3)8(12)7-9(13)11(4,5)6;/h7,12H,1-6H3;/q;+1/p-1/b8-7-;. The molecule has 0 unspecified atom stereocenters. The van der Waals surface area contributed by atoms with E-state index >= 15 is 0 Å². The summed E-state index contributed by atoms with van der Waals surface area (Å²) in [6.45, 7) is 11.9. The number of ketones is 1. The van der Waals surface area contributed by atoms with E-state index in [0.717, 1.165) is 30.9 Å². The molecule has 0 saturated heterocycles. The fraction of sp³-hybridized carbons (Fsp3) is 0.727. The molecule has 0 aromatic heterocycles. The van der Waals surface area contributed by atoms with Crippen LogP contribution < -0.4 is 0 Å². The summed E-state index contributed by atoms with van der Waals surface area (Å²) in [5.41, 5.74) is -0.414. The maximum atomic E-state index is 11.7. The molecular weight excluding hydrogens is 373 g/mol. The SMILES string of the molecule is CC(C)(C)C(=O)/C=C(\[O][Bi])C(C)(C)C. The fourth-order valence-corrected chi connectivity index (χ4v) is 1.98. The Morgan fingerprint density at radius 1 is 1.07 bits per heavy atom. The summed E-state index contributed by atoms with van der Waals surface area (Å²) in [6.07, 6.45) is 1.64. The van der Waals surface area contributed by atoms with Crippen molar-refractivity contribution in [2.24, 2.45) is 10.8 Å². The Hall–Kier alpha value is 0.0931. The number of rotatable bonds is 2. The molecule has 0 aliphatic heterocycles. The van der Waals surface area contributed by atoms with Crippen molar-refractivity contribution in [1.29, 1.82) is 0 Å². The first kappa shape index (κ1) is 14.1. The van der Waals surface area contributed by atoms with Gasteiger partial charge in [0.2, 0.25) is 0 Å². The van der Waals surface area contributed by atoms with Gasteiger partial charge in [0.25, 0.3) is 0 Å². The topological polar surface area (TPSA) is 26.3 Å². The van der Waals surface area contributed by atoms with Crippen LogP contribution in [0.1, 0.15) is 41.5 Å². The van der Waals surface area contributed by atoms with Crippen LogP contribution in [0.5, 0.6) is 0 Å². The number of carbonyl (C=O) groups is 1. The van der Waals surface area contributed by atoms with Crippen molar-refractivity contribution in [3.63, 3.8) is 0 Å². The zero-order valence-corrected chi connectivity index (χ0v) is 13.3. The van der Waals surface area contributed by atoms with Gasteiger partial charge < -0.3 is 0 Å². The van der Waals surface area contributed by atoms with Crippen LogP contribution in [-0.2, 0) is 7.61 Å². The summed E-state index contributed by atoms with van der Waals surface area (Å²) >= 11 is 0.821. The molecule has 80 valence electrons. The number of carbonyl (C=O) groups excluding carboxylic acids is 1. The third-order valence-electron chi connectivity index (χ3n) is 1.84. The molecule has 2 radical (unpaired) electrons. The van der Waals surface area contributed by atoms with Gasteiger partial charge in [0.1, 0.15) is 0 Å². The molecule has 0 N–H and O–H groups in total. The van der Waals surface area contributed by atoms with Gasteiger partial charge in [-0.1, -0.05) is 0 Å². The number of allylic oxidation sites excluding steroid dienone is 2. The average Bonchev–Trinajstić information content (AvgIpc) is 1.95. The second-order valence-corrected chi connectivity index (χ2v) is 6.17. The first-order valence-electron chi connectivity index (χ1n) is 4.67. The summed E-state index contributed by atoms with van der Waals surface area (Å²) in [6, 6.07) is 0. The van der Waals surface area contributed by atoms with Crippen LogP contribution in [0, 0.1) is 10.8 Å². The van der Waals surface area contributed by atoms with Crippen LogP contribution >= 0.6 is 0 Å². The molecular formula is C11H19BiO2. The molecule has 0 amide bonds. The van der Waals surface area contributed by atoms with Crippen LogP contribution in [0.4, 0.5) is 0 Å². The third kappa shape index (κ3) is 4.55. The first-order chi connectivity index (χ1) is 6.09. The van der Waals surface area contributed by atoms with E-state index in [0.29, 0.717) is 0 Å². The van der Waals surface area contributed by atoms with E-state index in [1.807, 2.05) is 41.5 Å². The van der Waals surface area contributed by atoms with Gasteiger partial charge in [0.15, 0.2) is 0 Å². The van der Waals surface area contributed by atoms with E-state index in [1.54, 1.807) is 6.08 Å². The maximum absolute atomic E-state index is 11.7. The summed E-state index contributed by atoms with van der Waals surface area (Å²) in [5.74, 6) is 0.902. The minimum atomic E-state index is -0.326. The van der Waals surface area contributed by atoms with E-state index < -0.39 is 0 Å². The van der Waals surface area contributed by atoms with Crippen molar-refractivity contribution in [2.45, 2.75) is 41.5 Å². The molecule has 0 saturated carbocycles. The van der Waals surface area contributed by atoms with Gasteiger partial charge in [-0.05, 0) is 0 Å². The van der Waals surface area contributed by atoms with Gasteiger partial charge in [-0.25, -0.2) is 0 Å². The van der Waals surface area contributed by atoms with Crippen molar-refractivity contribution in [3.8, 4) is 0 Å². The molecule has 0 spiro atoms. The first-order valence-corrected chi connectivity index (χ1v) is 6.09. The summed E-state index contributed by atoms with van der Waals surface area (Å²) in [5, 5.41) is 0. The molecule has 0 aliphatic carbocycles. The van der Waals surface area contributed by atoms with Crippen LogP contribution in [-0.4, -0.2) is 30.9 Å². The molecule has 0 aromatic carbocycles. The van der Waals surface area contributed by atoms with Crippen LogP contribution in [0.15, 0.2) is 11.8 Å². The van der Waals surface area contributed by atoms with Crippen molar-refractivity contribution in [1.82, 2.24) is 0 Å². The Morgan fingerprint density at radius 3 is 1.71 bits per heavy atom. The second-order valence-electron chi connectivity index (χ2n) is 5.46. The average molecular weight is 392 g/mol. The molecule has 14 heavy (non-hydrogen) atoms. The van der Waals surface area contributed by atoms with Crippen molar-refractivity contribution < 1.29 is 7.61 Å². The van der Waals surface area contributed by atoms with Gasteiger partial charge >= 0.3 is 103 Å². The zero-order valence-electron chi connectivity index (χ0n) is 9.84. The third-order valence-corrected chi connectivity index (χ3v) is 2.60. The van der Waals surface area contributed by atoms with Crippen molar-refractivity contribution in [3.05, 3.63) is 11.8 Å². The van der Waals surface area contributed by atoms with Gasteiger partial charge in [-0.15, -0.1) is 0 Å². The van der Waals surface area contributed by atoms with Crippen LogP contribution in [0.2, 0.25) is 0 Å². The zero-order chi connectivity index (χ0) is 11.6. The van der Waals surface area contributed by atoms with Gasteiger partial charge in [-0.2, -0.15) is 0 Å². The van der Waals surface area contributed by atoms with Gasteiger partial charge in [0.05, 0.1) is 0 Å². The number of hydrogen-bond donors (Lipinski definition) is 0. The molecule has 0 bridgehead atoms.